The molecule has 0 N–H and O–H groups in total. The van der Waals surface area contributed by atoms with E-state index in [1.54, 1.807) is 0 Å². The Hall–Kier alpha value is -1.11. The lowest BCUT2D eigenvalue weighted by molar-refractivity contribution is -0.120. The number of hydrogen-bond donors (Lipinski definition) is 0. The average Bonchev–Trinajstić information content (AvgIpc) is 2.26. The Morgan fingerprint density at radius 2 is 1.80 bits per heavy atom. The van der Waals surface area contributed by atoms with Crippen molar-refractivity contribution in [1.29, 1.82) is 0 Å². The van der Waals surface area contributed by atoms with Gasteiger partial charge in [-0.05, 0) is 17.9 Å². The summed E-state index contributed by atoms with van der Waals surface area (Å²) in [7, 11) is 0. The molecule has 1 nitrogen and oxygen atoms in total. The molecule has 0 saturated carbocycles. The van der Waals surface area contributed by atoms with Gasteiger partial charge in [-0.2, -0.15) is 0 Å². The van der Waals surface area contributed by atoms with Gasteiger partial charge in [-0.15, -0.1) is 0 Å². The highest BCUT2D eigenvalue weighted by Crippen LogP contribution is 2.25. The third kappa shape index (κ3) is 3.50. The Morgan fingerprint density at radius 1 is 1.20 bits per heavy atom. The minimum absolute atomic E-state index is 0.0937. The summed E-state index contributed by atoms with van der Waals surface area (Å²) >= 11 is 0. The number of hydrogen-bond acceptors (Lipinski definition) is 1. The first-order chi connectivity index (χ1) is 7.15. The van der Waals surface area contributed by atoms with Crippen molar-refractivity contribution in [3.05, 3.63) is 35.9 Å². The minimum Gasteiger partial charge on any atom is -0.299 e. The maximum Gasteiger partial charge on any atom is 0.140 e. The summed E-state index contributed by atoms with van der Waals surface area (Å²) < 4.78 is 0. The van der Waals surface area contributed by atoms with Crippen molar-refractivity contribution in [2.24, 2.45) is 5.92 Å². The zero-order valence-electron chi connectivity index (χ0n) is 9.86. The lowest BCUT2D eigenvalue weighted by Crippen LogP contribution is -2.13. The van der Waals surface area contributed by atoms with Gasteiger partial charge in [0.1, 0.15) is 5.78 Å². The molecule has 1 heteroatoms. The second-order valence-corrected chi connectivity index (χ2v) is 4.41. The molecule has 0 spiro atoms. The van der Waals surface area contributed by atoms with Gasteiger partial charge >= 0.3 is 0 Å². The summed E-state index contributed by atoms with van der Waals surface area (Å²) in [5, 5.41) is 0. The Balaban J connectivity index is 2.86. The fraction of sp³-hybridized carbons (Fsp3) is 0.500. The van der Waals surface area contributed by atoms with Gasteiger partial charge in [0, 0.05) is 12.3 Å². The van der Waals surface area contributed by atoms with Crippen LogP contribution in [-0.2, 0) is 4.79 Å². The van der Waals surface area contributed by atoms with Crippen molar-refractivity contribution >= 4 is 5.78 Å². The standard InChI is InChI=1S/C14H20O/c1-4-14(15)13(10-11(2)3)12-8-6-5-7-9-12/h5-9,11,13H,4,10H2,1-3H3. The fourth-order valence-corrected chi connectivity index (χ4v) is 1.86. The van der Waals surface area contributed by atoms with Crippen molar-refractivity contribution in [1.82, 2.24) is 0 Å². The molecular weight excluding hydrogens is 184 g/mol. The minimum atomic E-state index is 0.0937. The maximum absolute atomic E-state index is 11.8. The maximum atomic E-state index is 11.8. The first-order valence-corrected chi connectivity index (χ1v) is 5.72. The number of benzene rings is 1. The highest BCUT2D eigenvalue weighted by atomic mass is 16.1. The van der Waals surface area contributed by atoms with E-state index in [4.69, 9.17) is 0 Å². The van der Waals surface area contributed by atoms with E-state index in [0.29, 0.717) is 18.1 Å². The van der Waals surface area contributed by atoms with Crippen LogP contribution in [0.1, 0.15) is 45.1 Å². The summed E-state index contributed by atoms with van der Waals surface area (Å²) in [5.74, 6) is 1.01. The third-order valence-electron chi connectivity index (χ3n) is 2.65. The number of Topliss-reactive ketones (excluding diaryl/α,β-unsaturated/α-hetero) is 1. The summed E-state index contributed by atoms with van der Waals surface area (Å²) in [6.07, 6.45) is 1.59. The molecule has 82 valence electrons. The Labute approximate surface area is 92.5 Å². The normalized spacial score (nSPS) is 12.8. The van der Waals surface area contributed by atoms with Gasteiger partial charge in [0.25, 0.3) is 0 Å². The molecule has 1 rings (SSSR count). The van der Waals surface area contributed by atoms with Crippen LogP contribution in [0.15, 0.2) is 30.3 Å². The van der Waals surface area contributed by atoms with Gasteiger partial charge in [0.2, 0.25) is 0 Å². The second-order valence-electron chi connectivity index (χ2n) is 4.41. The van der Waals surface area contributed by atoms with Crippen LogP contribution >= 0.6 is 0 Å². The molecule has 1 aromatic carbocycles. The number of carbonyl (C=O) groups is 1. The van der Waals surface area contributed by atoms with Crippen molar-refractivity contribution in [2.75, 3.05) is 0 Å². The zero-order chi connectivity index (χ0) is 11.3. The average molecular weight is 204 g/mol. The van der Waals surface area contributed by atoms with Gasteiger partial charge in [0.15, 0.2) is 0 Å². The molecule has 0 saturated heterocycles. The van der Waals surface area contributed by atoms with Crippen molar-refractivity contribution in [3.8, 4) is 0 Å². The molecule has 0 bridgehead atoms. The van der Waals surface area contributed by atoms with Gasteiger partial charge in [-0.25, -0.2) is 0 Å². The molecular formula is C14H20O. The van der Waals surface area contributed by atoms with E-state index >= 15 is 0 Å². The van der Waals surface area contributed by atoms with Crippen LogP contribution in [0.3, 0.4) is 0 Å². The number of ketones is 1. The lowest BCUT2D eigenvalue weighted by Gasteiger charge is -2.17. The van der Waals surface area contributed by atoms with Crippen molar-refractivity contribution in [3.63, 3.8) is 0 Å². The molecule has 0 aliphatic rings. The van der Waals surface area contributed by atoms with Crippen LogP contribution in [-0.4, -0.2) is 5.78 Å². The van der Waals surface area contributed by atoms with Gasteiger partial charge in [0.05, 0.1) is 0 Å². The molecule has 1 aromatic rings. The van der Waals surface area contributed by atoms with Crippen LogP contribution < -0.4 is 0 Å². The van der Waals surface area contributed by atoms with Crippen LogP contribution in [0.4, 0.5) is 0 Å². The van der Waals surface area contributed by atoms with Crippen LogP contribution in [0.2, 0.25) is 0 Å². The molecule has 0 aromatic heterocycles. The first-order valence-electron chi connectivity index (χ1n) is 5.72. The Kier molecular flexibility index (Phi) is 4.54. The fourth-order valence-electron chi connectivity index (χ4n) is 1.86. The Morgan fingerprint density at radius 3 is 2.27 bits per heavy atom. The van der Waals surface area contributed by atoms with E-state index in [1.807, 2.05) is 25.1 Å². The predicted octanol–water partition coefficient (Wildman–Crippen LogP) is 3.80. The summed E-state index contributed by atoms with van der Waals surface area (Å²) in [6.45, 7) is 6.27. The molecule has 0 fully saturated rings. The molecule has 0 amide bonds. The highest BCUT2D eigenvalue weighted by Gasteiger charge is 2.19. The van der Waals surface area contributed by atoms with Crippen molar-refractivity contribution in [2.45, 2.75) is 39.5 Å². The monoisotopic (exact) mass is 204 g/mol. The lowest BCUT2D eigenvalue weighted by atomic mass is 9.86. The molecule has 15 heavy (non-hydrogen) atoms. The summed E-state index contributed by atoms with van der Waals surface area (Å²) in [4.78, 5) is 11.8. The molecule has 0 heterocycles. The van der Waals surface area contributed by atoms with Crippen LogP contribution in [0.25, 0.3) is 0 Å². The van der Waals surface area contributed by atoms with Crippen LogP contribution in [0.5, 0.6) is 0 Å². The van der Waals surface area contributed by atoms with Crippen molar-refractivity contribution < 1.29 is 4.79 Å². The molecule has 1 atom stereocenters. The molecule has 0 aliphatic carbocycles. The van der Waals surface area contributed by atoms with Gasteiger partial charge in [-0.3, -0.25) is 4.79 Å². The number of rotatable bonds is 5. The smallest absolute Gasteiger partial charge is 0.140 e. The van der Waals surface area contributed by atoms with Crippen LogP contribution in [0, 0.1) is 5.92 Å². The second kappa shape index (κ2) is 5.69. The van der Waals surface area contributed by atoms with E-state index < -0.39 is 0 Å². The van der Waals surface area contributed by atoms with E-state index in [2.05, 4.69) is 26.0 Å². The summed E-state index contributed by atoms with van der Waals surface area (Å²) in [5.41, 5.74) is 1.16. The zero-order valence-corrected chi connectivity index (χ0v) is 9.86. The third-order valence-corrected chi connectivity index (χ3v) is 2.65. The molecule has 1 unspecified atom stereocenters. The predicted molar refractivity (Wildman–Crippen MR) is 63.9 cm³/mol. The molecule has 0 aliphatic heterocycles. The SMILES string of the molecule is CCC(=O)C(CC(C)C)c1ccccc1. The Bertz CT molecular complexity index is 300. The topological polar surface area (TPSA) is 17.1 Å². The van der Waals surface area contributed by atoms with E-state index in [-0.39, 0.29) is 5.92 Å². The first kappa shape index (κ1) is 12.0. The quantitative estimate of drug-likeness (QED) is 0.713. The van der Waals surface area contributed by atoms with Gasteiger partial charge in [-0.1, -0.05) is 51.1 Å². The van der Waals surface area contributed by atoms with E-state index in [1.165, 1.54) is 0 Å². The largest absolute Gasteiger partial charge is 0.299 e. The summed E-state index contributed by atoms with van der Waals surface area (Å²) in [6, 6.07) is 10.1. The highest BCUT2D eigenvalue weighted by molar-refractivity contribution is 5.85. The number of carbonyl (C=O) groups excluding carboxylic acids is 1. The van der Waals surface area contributed by atoms with E-state index in [9.17, 15) is 4.79 Å². The molecule has 0 radical (unpaired) electrons. The van der Waals surface area contributed by atoms with E-state index in [0.717, 1.165) is 12.0 Å². The van der Waals surface area contributed by atoms with Gasteiger partial charge < -0.3 is 0 Å².